The fraction of sp³-hybridized carbons (Fsp3) is 0.333. The highest BCUT2D eigenvalue weighted by atomic mass is 35.5. The SMILES string of the molecule is CCc1ccccc1N(CC(=O)N(Cc1ccc(Cl)cc1Cl)[C@@H](C)C(=O)NCC(C)C)S(=O)(=O)c1ccccc1. The predicted octanol–water partition coefficient (Wildman–Crippen LogP) is 5.94. The van der Waals surface area contributed by atoms with Gasteiger partial charge >= 0.3 is 0 Å². The summed E-state index contributed by atoms with van der Waals surface area (Å²) in [6, 6.07) is 19.1. The number of nitrogens with one attached hydrogen (secondary N) is 1. The van der Waals surface area contributed by atoms with Gasteiger partial charge in [0.1, 0.15) is 12.6 Å². The van der Waals surface area contributed by atoms with E-state index in [0.29, 0.717) is 34.3 Å². The van der Waals surface area contributed by atoms with Crippen LogP contribution in [-0.4, -0.2) is 44.3 Å². The summed E-state index contributed by atoms with van der Waals surface area (Å²) in [5, 5.41) is 3.64. The Morgan fingerprint density at radius 3 is 2.17 bits per heavy atom. The van der Waals surface area contributed by atoms with Gasteiger partial charge in [0.15, 0.2) is 0 Å². The topological polar surface area (TPSA) is 86.8 Å². The van der Waals surface area contributed by atoms with Gasteiger partial charge in [0.25, 0.3) is 10.0 Å². The quantitative estimate of drug-likeness (QED) is 0.277. The second-order valence-electron chi connectivity index (χ2n) is 9.88. The van der Waals surface area contributed by atoms with Gasteiger partial charge in [0.05, 0.1) is 10.6 Å². The number of hydrogen-bond acceptors (Lipinski definition) is 4. The van der Waals surface area contributed by atoms with E-state index >= 15 is 0 Å². The first-order valence-electron chi connectivity index (χ1n) is 13.1. The number of rotatable bonds is 12. The number of anilines is 1. The number of hydrogen-bond donors (Lipinski definition) is 1. The Kier molecular flexibility index (Phi) is 11.0. The molecule has 3 rings (SSSR count). The summed E-state index contributed by atoms with van der Waals surface area (Å²) in [5.74, 6) is -0.690. The molecule has 214 valence electrons. The first kappa shape index (κ1) is 31.5. The highest BCUT2D eigenvalue weighted by Gasteiger charge is 2.33. The minimum Gasteiger partial charge on any atom is -0.354 e. The van der Waals surface area contributed by atoms with Gasteiger partial charge in [-0.3, -0.25) is 13.9 Å². The summed E-state index contributed by atoms with van der Waals surface area (Å²) in [5.41, 5.74) is 1.75. The van der Waals surface area contributed by atoms with Gasteiger partial charge in [0.2, 0.25) is 11.8 Å². The average Bonchev–Trinajstić information content (AvgIpc) is 2.94. The number of halogens is 2. The van der Waals surface area contributed by atoms with Crippen molar-refractivity contribution in [3.8, 4) is 0 Å². The minimum absolute atomic E-state index is 0.0141. The molecule has 0 bridgehead atoms. The van der Waals surface area contributed by atoms with E-state index in [1.807, 2.05) is 32.9 Å². The molecule has 0 aliphatic carbocycles. The van der Waals surface area contributed by atoms with Crippen LogP contribution in [0.25, 0.3) is 0 Å². The minimum atomic E-state index is -4.13. The Hall–Kier alpha value is -3.07. The van der Waals surface area contributed by atoms with Crippen molar-refractivity contribution < 1.29 is 18.0 Å². The molecule has 0 saturated heterocycles. The van der Waals surface area contributed by atoms with E-state index in [1.54, 1.807) is 55.5 Å². The van der Waals surface area contributed by atoms with Crippen molar-refractivity contribution in [3.63, 3.8) is 0 Å². The number of sulfonamides is 1. The third-order valence-electron chi connectivity index (χ3n) is 6.46. The zero-order valence-electron chi connectivity index (χ0n) is 23.1. The van der Waals surface area contributed by atoms with Crippen LogP contribution in [0.15, 0.2) is 77.7 Å². The van der Waals surface area contributed by atoms with Gasteiger partial charge in [-0.25, -0.2) is 8.42 Å². The van der Waals surface area contributed by atoms with Crippen molar-refractivity contribution in [1.29, 1.82) is 0 Å². The number of amides is 2. The van der Waals surface area contributed by atoms with Gasteiger partial charge < -0.3 is 10.2 Å². The van der Waals surface area contributed by atoms with Crippen LogP contribution in [0.1, 0.15) is 38.8 Å². The second kappa shape index (κ2) is 14.0. The molecule has 3 aromatic carbocycles. The second-order valence-corrected chi connectivity index (χ2v) is 12.6. The summed E-state index contributed by atoms with van der Waals surface area (Å²) < 4.78 is 29.0. The van der Waals surface area contributed by atoms with E-state index in [9.17, 15) is 18.0 Å². The molecule has 0 heterocycles. The normalized spacial score (nSPS) is 12.2. The number of carbonyl (C=O) groups excluding carboxylic acids is 2. The summed E-state index contributed by atoms with van der Waals surface area (Å²) in [7, 11) is -4.13. The molecular formula is C30H35Cl2N3O4S. The molecule has 40 heavy (non-hydrogen) atoms. The van der Waals surface area contributed by atoms with Crippen LogP contribution < -0.4 is 9.62 Å². The van der Waals surface area contributed by atoms with E-state index in [-0.39, 0.29) is 23.3 Å². The van der Waals surface area contributed by atoms with Crippen molar-refractivity contribution in [2.24, 2.45) is 5.92 Å². The van der Waals surface area contributed by atoms with Crippen molar-refractivity contribution in [3.05, 3.63) is 94.0 Å². The van der Waals surface area contributed by atoms with Crippen LogP contribution in [0.5, 0.6) is 0 Å². The maximum Gasteiger partial charge on any atom is 0.264 e. The van der Waals surface area contributed by atoms with Crippen LogP contribution in [0, 0.1) is 5.92 Å². The molecule has 0 radical (unpaired) electrons. The molecule has 0 spiro atoms. The summed E-state index contributed by atoms with van der Waals surface area (Å²) in [6.45, 7) is 7.39. The molecule has 1 N–H and O–H groups in total. The van der Waals surface area contributed by atoms with Crippen molar-refractivity contribution in [2.75, 3.05) is 17.4 Å². The highest BCUT2D eigenvalue weighted by Crippen LogP contribution is 2.29. The smallest absolute Gasteiger partial charge is 0.264 e. The molecule has 1 atom stereocenters. The van der Waals surface area contributed by atoms with Gasteiger partial charge in [-0.2, -0.15) is 0 Å². The van der Waals surface area contributed by atoms with Gasteiger partial charge in [-0.15, -0.1) is 0 Å². The van der Waals surface area contributed by atoms with Crippen molar-refractivity contribution in [1.82, 2.24) is 10.2 Å². The highest BCUT2D eigenvalue weighted by molar-refractivity contribution is 7.92. The van der Waals surface area contributed by atoms with Crippen LogP contribution >= 0.6 is 23.2 Å². The standard InChI is InChI=1S/C30H35Cl2N3O4S/c1-5-23-11-9-10-14-28(23)35(40(38,39)26-12-7-6-8-13-26)20-29(36)34(22(4)30(37)33-18-21(2)3)19-24-15-16-25(31)17-27(24)32/h6-17,21-22H,5,18-20H2,1-4H3,(H,33,37)/t22-/m0/s1. The fourth-order valence-corrected chi connectivity index (χ4v) is 6.10. The Morgan fingerprint density at radius 2 is 1.55 bits per heavy atom. The molecule has 0 fully saturated rings. The first-order valence-corrected chi connectivity index (χ1v) is 15.3. The fourth-order valence-electron chi connectivity index (χ4n) is 4.15. The van der Waals surface area contributed by atoms with Gasteiger partial charge in [-0.1, -0.05) is 86.4 Å². The van der Waals surface area contributed by atoms with E-state index in [1.165, 1.54) is 17.0 Å². The molecule has 3 aromatic rings. The Bertz CT molecular complexity index is 1430. The van der Waals surface area contributed by atoms with Gasteiger partial charge in [-0.05, 0) is 60.7 Å². The lowest BCUT2D eigenvalue weighted by Crippen LogP contribution is -2.51. The number of para-hydroxylation sites is 1. The molecule has 0 aromatic heterocycles. The summed E-state index contributed by atoms with van der Waals surface area (Å²) in [6.07, 6.45) is 0.559. The molecule has 0 aliphatic heterocycles. The van der Waals surface area contributed by atoms with E-state index < -0.39 is 28.5 Å². The van der Waals surface area contributed by atoms with Crippen molar-refractivity contribution >= 4 is 50.7 Å². The first-order chi connectivity index (χ1) is 18.9. The van der Waals surface area contributed by atoms with E-state index in [2.05, 4.69) is 5.32 Å². The zero-order valence-corrected chi connectivity index (χ0v) is 25.4. The molecular weight excluding hydrogens is 569 g/mol. The van der Waals surface area contributed by atoms with Crippen LogP contribution in [0.3, 0.4) is 0 Å². The number of benzene rings is 3. The third kappa shape index (κ3) is 7.77. The molecule has 0 saturated carbocycles. The average molecular weight is 605 g/mol. The lowest BCUT2D eigenvalue weighted by atomic mass is 10.1. The monoisotopic (exact) mass is 603 g/mol. The largest absolute Gasteiger partial charge is 0.354 e. The number of aryl methyl sites for hydroxylation is 1. The maximum atomic E-state index is 14.0. The Labute approximate surface area is 247 Å². The van der Waals surface area contributed by atoms with E-state index in [4.69, 9.17) is 23.2 Å². The maximum absolute atomic E-state index is 14.0. The summed E-state index contributed by atoms with van der Waals surface area (Å²) >= 11 is 12.5. The van der Waals surface area contributed by atoms with Crippen molar-refractivity contribution in [2.45, 2.75) is 51.6 Å². The molecule has 7 nitrogen and oxygen atoms in total. The Balaban J connectivity index is 2.06. The number of carbonyl (C=O) groups is 2. The summed E-state index contributed by atoms with van der Waals surface area (Å²) in [4.78, 5) is 28.6. The van der Waals surface area contributed by atoms with Crippen LogP contribution in [0.2, 0.25) is 10.0 Å². The number of nitrogens with zero attached hydrogens (tertiary/aromatic N) is 2. The Morgan fingerprint density at radius 1 is 0.900 bits per heavy atom. The third-order valence-corrected chi connectivity index (χ3v) is 8.82. The molecule has 0 aliphatic rings. The molecule has 10 heteroatoms. The predicted molar refractivity (Wildman–Crippen MR) is 161 cm³/mol. The lowest BCUT2D eigenvalue weighted by molar-refractivity contribution is -0.139. The zero-order chi connectivity index (χ0) is 29.4. The van der Waals surface area contributed by atoms with E-state index in [0.717, 1.165) is 9.87 Å². The van der Waals surface area contributed by atoms with Crippen LogP contribution in [-0.2, 0) is 32.6 Å². The lowest BCUT2D eigenvalue weighted by Gasteiger charge is -2.33. The van der Waals surface area contributed by atoms with Crippen LogP contribution in [0.4, 0.5) is 5.69 Å². The van der Waals surface area contributed by atoms with Gasteiger partial charge in [0, 0.05) is 23.1 Å². The molecule has 0 unspecified atom stereocenters. The molecule has 2 amide bonds.